The molecule has 0 aromatic heterocycles. The van der Waals surface area contributed by atoms with Gasteiger partial charge in [0, 0.05) is 23.9 Å². The highest BCUT2D eigenvalue weighted by Gasteiger charge is 2.50. The molecule has 2 heteroatoms. The van der Waals surface area contributed by atoms with E-state index in [1.165, 1.54) is 6.42 Å². The number of carbonyl (C=O) groups is 1. The monoisotopic (exact) mass is 209 g/mol. The van der Waals surface area contributed by atoms with E-state index < -0.39 is 0 Å². The van der Waals surface area contributed by atoms with Gasteiger partial charge in [0.25, 0.3) is 0 Å². The van der Waals surface area contributed by atoms with Crippen LogP contribution in [0.25, 0.3) is 0 Å². The van der Waals surface area contributed by atoms with Crippen LogP contribution in [0, 0.1) is 10.8 Å². The zero-order valence-electron chi connectivity index (χ0n) is 10.4. The topological polar surface area (TPSA) is 29.1 Å². The van der Waals surface area contributed by atoms with Crippen molar-refractivity contribution in [3.63, 3.8) is 0 Å². The van der Waals surface area contributed by atoms with Crippen molar-refractivity contribution in [2.45, 2.75) is 58.9 Å². The lowest BCUT2D eigenvalue weighted by molar-refractivity contribution is -0.133. The van der Waals surface area contributed by atoms with Gasteiger partial charge >= 0.3 is 0 Å². The smallest absolute Gasteiger partial charge is 0.138 e. The Balaban J connectivity index is 2.16. The Bertz CT molecular complexity index is 293. The maximum absolute atomic E-state index is 11.8. The summed E-state index contributed by atoms with van der Waals surface area (Å²) in [5, 5.41) is 3.60. The predicted octanol–water partition coefficient (Wildman–Crippen LogP) is 2.52. The molecule has 1 heterocycles. The molecule has 1 saturated carbocycles. The van der Waals surface area contributed by atoms with Gasteiger partial charge in [-0.15, -0.1) is 0 Å². The summed E-state index contributed by atoms with van der Waals surface area (Å²) >= 11 is 0. The van der Waals surface area contributed by atoms with E-state index >= 15 is 0 Å². The molecule has 1 unspecified atom stereocenters. The van der Waals surface area contributed by atoms with Crippen LogP contribution in [0.2, 0.25) is 0 Å². The fraction of sp³-hybridized carbons (Fsp3) is 0.923. The van der Waals surface area contributed by atoms with Crippen molar-refractivity contribution < 1.29 is 4.79 Å². The molecule has 1 aliphatic heterocycles. The lowest BCUT2D eigenvalue weighted by atomic mass is 9.61. The average molecular weight is 209 g/mol. The fourth-order valence-electron chi connectivity index (χ4n) is 3.63. The summed E-state index contributed by atoms with van der Waals surface area (Å²) in [6.07, 6.45) is 4.16. The summed E-state index contributed by atoms with van der Waals surface area (Å²) in [6.45, 7) is 9.86. The third kappa shape index (κ3) is 1.96. The van der Waals surface area contributed by atoms with Crippen molar-refractivity contribution >= 4 is 5.78 Å². The molecule has 0 radical (unpaired) electrons. The van der Waals surface area contributed by atoms with Crippen LogP contribution >= 0.6 is 0 Å². The van der Waals surface area contributed by atoms with Crippen LogP contribution in [0.1, 0.15) is 53.4 Å². The molecule has 0 amide bonds. The van der Waals surface area contributed by atoms with Gasteiger partial charge in [-0.05, 0) is 38.5 Å². The van der Waals surface area contributed by atoms with Gasteiger partial charge in [0.1, 0.15) is 5.78 Å². The number of hydrogen-bond acceptors (Lipinski definition) is 2. The van der Waals surface area contributed by atoms with E-state index in [0.29, 0.717) is 11.2 Å². The minimum atomic E-state index is -0.0969. The van der Waals surface area contributed by atoms with E-state index in [-0.39, 0.29) is 11.0 Å². The summed E-state index contributed by atoms with van der Waals surface area (Å²) in [6, 6.07) is 0. The SMILES string of the molecule is CC1(C)CC2(CCC(=O)C(C)(C)C2)CN1. The molecule has 0 bridgehead atoms. The molecule has 2 fully saturated rings. The molecule has 1 N–H and O–H groups in total. The maximum atomic E-state index is 11.8. The molecule has 1 atom stereocenters. The van der Waals surface area contributed by atoms with Gasteiger partial charge in [0.15, 0.2) is 0 Å². The van der Waals surface area contributed by atoms with E-state index in [1.807, 2.05) is 0 Å². The van der Waals surface area contributed by atoms with Crippen molar-refractivity contribution in [3.8, 4) is 0 Å². The third-order valence-electron chi connectivity index (χ3n) is 4.21. The van der Waals surface area contributed by atoms with Gasteiger partial charge in [-0.25, -0.2) is 0 Å². The zero-order chi connectivity index (χ0) is 11.3. The number of Topliss-reactive ketones (excluding diaryl/α,β-unsaturated/α-hetero) is 1. The van der Waals surface area contributed by atoms with Crippen LogP contribution in [-0.4, -0.2) is 17.9 Å². The summed E-state index contributed by atoms with van der Waals surface area (Å²) in [5.74, 6) is 0.456. The van der Waals surface area contributed by atoms with Gasteiger partial charge in [0.05, 0.1) is 0 Å². The largest absolute Gasteiger partial charge is 0.311 e. The second kappa shape index (κ2) is 3.07. The van der Waals surface area contributed by atoms with E-state index in [9.17, 15) is 4.79 Å². The highest BCUT2D eigenvalue weighted by Crippen LogP contribution is 2.50. The Kier molecular flexibility index (Phi) is 2.27. The number of rotatable bonds is 0. The van der Waals surface area contributed by atoms with Crippen LogP contribution in [0.3, 0.4) is 0 Å². The molecule has 1 spiro atoms. The van der Waals surface area contributed by atoms with Crippen LogP contribution < -0.4 is 5.32 Å². The van der Waals surface area contributed by atoms with Gasteiger partial charge in [-0.1, -0.05) is 13.8 Å². The summed E-state index contributed by atoms with van der Waals surface area (Å²) in [4.78, 5) is 11.8. The first-order valence-electron chi connectivity index (χ1n) is 6.03. The van der Waals surface area contributed by atoms with Gasteiger partial charge in [-0.2, -0.15) is 0 Å². The minimum Gasteiger partial charge on any atom is -0.311 e. The fourth-order valence-corrected chi connectivity index (χ4v) is 3.63. The van der Waals surface area contributed by atoms with Crippen molar-refractivity contribution in [2.75, 3.05) is 6.54 Å². The van der Waals surface area contributed by atoms with Gasteiger partial charge < -0.3 is 5.32 Å². The van der Waals surface area contributed by atoms with Crippen molar-refractivity contribution in [2.24, 2.45) is 10.8 Å². The quantitative estimate of drug-likeness (QED) is 0.664. The number of nitrogens with one attached hydrogen (secondary N) is 1. The van der Waals surface area contributed by atoms with E-state index in [4.69, 9.17) is 0 Å². The summed E-state index contributed by atoms with van der Waals surface area (Å²) in [7, 11) is 0. The Hall–Kier alpha value is -0.370. The number of carbonyl (C=O) groups excluding carboxylic acids is 1. The third-order valence-corrected chi connectivity index (χ3v) is 4.21. The van der Waals surface area contributed by atoms with Gasteiger partial charge in [-0.3, -0.25) is 4.79 Å². The standard InChI is InChI=1S/C13H23NO/c1-11(2)7-13(6-5-10(11)15)8-12(3,4)14-9-13/h14H,5-9H2,1-4H3. The molecule has 2 aliphatic rings. The Morgan fingerprint density at radius 3 is 2.27 bits per heavy atom. The normalized spacial score (nSPS) is 38.5. The van der Waals surface area contributed by atoms with E-state index in [2.05, 4.69) is 33.0 Å². The number of hydrogen-bond donors (Lipinski definition) is 1. The molecule has 2 rings (SSSR count). The molecule has 1 saturated heterocycles. The lowest BCUT2D eigenvalue weighted by Gasteiger charge is -2.41. The lowest BCUT2D eigenvalue weighted by Crippen LogP contribution is -2.40. The molecule has 0 aromatic carbocycles. The first-order valence-corrected chi connectivity index (χ1v) is 6.03. The first kappa shape index (κ1) is 11.1. The highest BCUT2D eigenvalue weighted by atomic mass is 16.1. The van der Waals surface area contributed by atoms with Crippen molar-refractivity contribution in [1.29, 1.82) is 0 Å². The molecular formula is C13H23NO. The number of ketones is 1. The van der Waals surface area contributed by atoms with Crippen LogP contribution in [0.5, 0.6) is 0 Å². The Morgan fingerprint density at radius 2 is 1.80 bits per heavy atom. The molecule has 2 nitrogen and oxygen atoms in total. The second-order valence-corrected chi connectivity index (χ2v) is 6.90. The zero-order valence-corrected chi connectivity index (χ0v) is 10.4. The Morgan fingerprint density at radius 1 is 1.13 bits per heavy atom. The van der Waals surface area contributed by atoms with E-state index in [1.54, 1.807) is 0 Å². The van der Waals surface area contributed by atoms with Crippen molar-refractivity contribution in [3.05, 3.63) is 0 Å². The second-order valence-electron chi connectivity index (χ2n) is 6.90. The Labute approximate surface area is 92.8 Å². The van der Waals surface area contributed by atoms with Crippen LogP contribution in [-0.2, 0) is 4.79 Å². The average Bonchev–Trinajstić information content (AvgIpc) is 2.35. The summed E-state index contributed by atoms with van der Waals surface area (Å²) < 4.78 is 0. The molecule has 86 valence electrons. The molecular weight excluding hydrogens is 186 g/mol. The van der Waals surface area contributed by atoms with Crippen LogP contribution in [0.4, 0.5) is 0 Å². The van der Waals surface area contributed by atoms with Crippen LogP contribution in [0.15, 0.2) is 0 Å². The molecule has 0 aromatic rings. The highest BCUT2D eigenvalue weighted by molar-refractivity contribution is 5.85. The molecule has 15 heavy (non-hydrogen) atoms. The van der Waals surface area contributed by atoms with Crippen molar-refractivity contribution in [1.82, 2.24) is 5.32 Å². The first-order chi connectivity index (χ1) is 6.75. The summed E-state index contributed by atoms with van der Waals surface area (Å²) in [5.41, 5.74) is 0.553. The van der Waals surface area contributed by atoms with Gasteiger partial charge in [0.2, 0.25) is 0 Å². The van der Waals surface area contributed by atoms with E-state index in [0.717, 1.165) is 25.8 Å². The predicted molar refractivity (Wildman–Crippen MR) is 61.8 cm³/mol. The maximum Gasteiger partial charge on any atom is 0.138 e. The minimum absolute atomic E-state index is 0.0969. The molecule has 1 aliphatic carbocycles.